The van der Waals surface area contributed by atoms with Crippen molar-refractivity contribution in [2.75, 3.05) is 5.32 Å². The number of aromatic amines is 1. The van der Waals surface area contributed by atoms with Crippen molar-refractivity contribution in [3.8, 4) is 0 Å². The number of amides is 1. The zero-order valence-electron chi connectivity index (χ0n) is 8.90. The minimum atomic E-state index is -4.31. The Kier molecular flexibility index (Phi) is 3.56. The Morgan fingerprint density at radius 1 is 1.44 bits per heavy atom. The topological polar surface area (TPSA) is 57.8 Å². The summed E-state index contributed by atoms with van der Waals surface area (Å²) in [5.74, 6) is -0.406. The molecule has 0 saturated heterocycles. The Bertz CT molecular complexity index is 384. The molecule has 1 aromatic rings. The van der Waals surface area contributed by atoms with Gasteiger partial charge in [-0.15, -0.1) is 0 Å². The number of aryl methyl sites for hydroxylation is 1. The van der Waals surface area contributed by atoms with Crippen LogP contribution in [0.25, 0.3) is 0 Å². The van der Waals surface area contributed by atoms with E-state index >= 15 is 0 Å². The van der Waals surface area contributed by atoms with E-state index in [0.717, 1.165) is 11.3 Å². The van der Waals surface area contributed by atoms with Crippen molar-refractivity contribution >= 4 is 11.7 Å². The predicted molar refractivity (Wildman–Crippen MR) is 52.0 cm³/mol. The first-order valence-corrected chi connectivity index (χ1v) is 4.68. The zero-order chi connectivity index (χ0) is 12.3. The Balaban J connectivity index is 2.49. The maximum atomic E-state index is 11.8. The lowest BCUT2D eigenvalue weighted by atomic mass is 10.2. The lowest BCUT2D eigenvalue weighted by molar-refractivity contribution is -0.142. The summed E-state index contributed by atoms with van der Waals surface area (Å²) in [5, 5.41) is 8.71. The standard InChI is InChI=1S/C9H12F3N3O/c1-5-6(2)14-15-8(5)13-7(16)3-4-9(10,11)12/h3-4H2,1-2H3,(H2,13,14,15,16). The van der Waals surface area contributed by atoms with Crippen LogP contribution in [-0.4, -0.2) is 22.3 Å². The van der Waals surface area contributed by atoms with Gasteiger partial charge in [0.1, 0.15) is 0 Å². The number of rotatable bonds is 3. The van der Waals surface area contributed by atoms with Crippen LogP contribution in [0, 0.1) is 13.8 Å². The molecule has 0 atom stereocenters. The first-order chi connectivity index (χ1) is 7.29. The second-order valence-corrected chi connectivity index (χ2v) is 3.49. The van der Waals surface area contributed by atoms with E-state index in [9.17, 15) is 18.0 Å². The van der Waals surface area contributed by atoms with Gasteiger partial charge in [0.2, 0.25) is 5.91 Å². The van der Waals surface area contributed by atoms with Gasteiger partial charge in [0, 0.05) is 17.7 Å². The molecule has 1 amide bonds. The van der Waals surface area contributed by atoms with E-state index in [-0.39, 0.29) is 5.82 Å². The van der Waals surface area contributed by atoms with Gasteiger partial charge in [-0.1, -0.05) is 0 Å². The number of alkyl halides is 3. The monoisotopic (exact) mass is 235 g/mol. The Hall–Kier alpha value is -1.53. The van der Waals surface area contributed by atoms with Gasteiger partial charge in [0.15, 0.2) is 5.82 Å². The number of anilines is 1. The number of hydrogen-bond acceptors (Lipinski definition) is 2. The van der Waals surface area contributed by atoms with Crippen molar-refractivity contribution in [1.29, 1.82) is 0 Å². The highest BCUT2D eigenvalue weighted by Gasteiger charge is 2.28. The predicted octanol–water partition coefficient (Wildman–Crippen LogP) is 2.31. The third kappa shape index (κ3) is 3.56. The van der Waals surface area contributed by atoms with Gasteiger partial charge in [-0.3, -0.25) is 9.89 Å². The van der Waals surface area contributed by atoms with E-state index in [1.807, 2.05) is 0 Å². The van der Waals surface area contributed by atoms with Crippen LogP contribution in [0.5, 0.6) is 0 Å². The highest BCUT2D eigenvalue weighted by Crippen LogP contribution is 2.22. The summed E-state index contributed by atoms with van der Waals surface area (Å²) in [4.78, 5) is 11.2. The maximum absolute atomic E-state index is 11.8. The largest absolute Gasteiger partial charge is 0.389 e. The maximum Gasteiger partial charge on any atom is 0.389 e. The molecule has 0 aliphatic carbocycles. The Morgan fingerprint density at radius 2 is 2.06 bits per heavy atom. The van der Waals surface area contributed by atoms with Crippen molar-refractivity contribution in [2.45, 2.75) is 32.9 Å². The highest BCUT2D eigenvalue weighted by molar-refractivity contribution is 5.90. The highest BCUT2D eigenvalue weighted by atomic mass is 19.4. The van der Waals surface area contributed by atoms with Crippen LogP contribution in [0.15, 0.2) is 0 Å². The molecule has 0 aliphatic heterocycles. The van der Waals surface area contributed by atoms with Crippen molar-refractivity contribution in [3.05, 3.63) is 11.3 Å². The quantitative estimate of drug-likeness (QED) is 0.844. The molecule has 0 saturated carbocycles. The molecular weight excluding hydrogens is 223 g/mol. The van der Waals surface area contributed by atoms with Gasteiger partial charge in [-0.2, -0.15) is 18.3 Å². The molecule has 0 aromatic carbocycles. The summed E-state index contributed by atoms with van der Waals surface area (Å²) in [6, 6.07) is 0. The van der Waals surface area contributed by atoms with Gasteiger partial charge in [-0.25, -0.2) is 0 Å². The van der Waals surface area contributed by atoms with Gasteiger partial charge in [0.05, 0.1) is 6.42 Å². The molecule has 1 heterocycles. The van der Waals surface area contributed by atoms with Crippen LogP contribution >= 0.6 is 0 Å². The summed E-state index contributed by atoms with van der Waals surface area (Å²) >= 11 is 0. The zero-order valence-corrected chi connectivity index (χ0v) is 8.90. The fourth-order valence-corrected chi connectivity index (χ4v) is 1.06. The number of H-pyrrole nitrogens is 1. The third-order valence-corrected chi connectivity index (χ3v) is 2.15. The molecule has 0 radical (unpaired) electrons. The van der Waals surface area contributed by atoms with E-state index in [4.69, 9.17) is 0 Å². The van der Waals surface area contributed by atoms with Crippen LogP contribution in [0.4, 0.5) is 19.0 Å². The number of halogens is 3. The second-order valence-electron chi connectivity index (χ2n) is 3.49. The molecule has 4 nitrogen and oxygen atoms in total. The molecule has 7 heteroatoms. The van der Waals surface area contributed by atoms with E-state index < -0.39 is 24.9 Å². The van der Waals surface area contributed by atoms with Crippen LogP contribution < -0.4 is 5.32 Å². The molecule has 2 N–H and O–H groups in total. The molecule has 1 rings (SSSR count). The number of hydrogen-bond donors (Lipinski definition) is 2. The van der Waals surface area contributed by atoms with E-state index in [1.165, 1.54) is 0 Å². The summed E-state index contributed by atoms with van der Waals surface area (Å²) < 4.78 is 35.5. The fourth-order valence-electron chi connectivity index (χ4n) is 1.06. The van der Waals surface area contributed by atoms with E-state index in [1.54, 1.807) is 13.8 Å². The molecular formula is C9H12F3N3O. The average molecular weight is 235 g/mol. The first kappa shape index (κ1) is 12.5. The van der Waals surface area contributed by atoms with Gasteiger partial charge >= 0.3 is 6.18 Å². The summed E-state index contributed by atoms with van der Waals surface area (Å²) in [7, 11) is 0. The molecule has 90 valence electrons. The normalized spacial score (nSPS) is 11.6. The number of carbonyl (C=O) groups is 1. The molecule has 0 unspecified atom stereocenters. The average Bonchev–Trinajstić information content (AvgIpc) is 2.46. The van der Waals surface area contributed by atoms with Crippen molar-refractivity contribution in [1.82, 2.24) is 10.2 Å². The van der Waals surface area contributed by atoms with Crippen LogP contribution in [-0.2, 0) is 4.79 Å². The van der Waals surface area contributed by atoms with Gasteiger partial charge in [0.25, 0.3) is 0 Å². The summed E-state index contributed by atoms with van der Waals surface area (Å²) in [6.45, 7) is 3.48. The minimum absolute atomic E-state index is 0.282. The van der Waals surface area contributed by atoms with Crippen LogP contribution in [0.2, 0.25) is 0 Å². The summed E-state index contributed by atoms with van der Waals surface area (Å²) in [5.41, 5.74) is 1.49. The van der Waals surface area contributed by atoms with Crippen molar-refractivity contribution in [2.24, 2.45) is 0 Å². The Morgan fingerprint density at radius 3 is 2.50 bits per heavy atom. The third-order valence-electron chi connectivity index (χ3n) is 2.15. The first-order valence-electron chi connectivity index (χ1n) is 4.68. The molecule has 0 fully saturated rings. The number of aromatic nitrogens is 2. The van der Waals surface area contributed by atoms with Crippen molar-refractivity contribution < 1.29 is 18.0 Å². The minimum Gasteiger partial charge on any atom is -0.309 e. The van der Waals surface area contributed by atoms with Crippen LogP contribution in [0.1, 0.15) is 24.1 Å². The molecule has 0 spiro atoms. The van der Waals surface area contributed by atoms with Gasteiger partial charge < -0.3 is 5.32 Å². The Labute approximate surface area is 90.2 Å². The van der Waals surface area contributed by atoms with Crippen molar-refractivity contribution in [3.63, 3.8) is 0 Å². The molecule has 0 aliphatic rings. The number of nitrogens with zero attached hydrogens (tertiary/aromatic N) is 1. The van der Waals surface area contributed by atoms with Crippen LogP contribution in [0.3, 0.4) is 0 Å². The van der Waals surface area contributed by atoms with Gasteiger partial charge in [-0.05, 0) is 13.8 Å². The fraction of sp³-hybridized carbons (Fsp3) is 0.556. The smallest absolute Gasteiger partial charge is 0.309 e. The lowest BCUT2D eigenvalue weighted by Crippen LogP contribution is -2.17. The SMILES string of the molecule is Cc1[nH]nc(NC(=O)CCC(F)(F)F)c1C. The number of carbonyl (C=O) groups excluding carboxylic acids is 1. The molecule has 1 aromatic heterocycles. The number of nitrogens with one attached hydrogen (secondary N) is 2. The lowest BCUT2D eigenvalue weighted by Gasteiger charge is -2.06. The van der Waals surface area contributed by atoms with E-state index in [2.05, 4.69) is 15.5 Å². The van der Waals surface area contributed by atoms with E-state index in [0.29, 0.717) is 0 Å². The summed E-state index contributed by atoms with van der Waals surface area (Å²) in [6.07, 6.45) is -6.02. The second kappa shape index (κ2) is 4.54. The molecule has 16 heavy (non-hydrogen) atoms. The molecule has 0 bridgehead atoms.